The first-order valence-electron chi connectivity index (χ1n) is 6.90. The molecule has 104 valence electrons. The highest BCUT2D eigenvalue weighted by Crippen LogP contribution is 2.48. The zero-order valence-electron chi connectivity index (χ0n) is 11.3. The number of hydrogen-bond acceptors (Lipinski definition) is 2. The number of benzene rings is 1. The lowest BCUT2D eigenvalue weighted by Crippen LogP contribution is -2.32. The van der Waals surface area contributed by atoms with Crippen LogP contribution in [0.2, 0.25) is 0 Å². The van der Waals surface area contributed by atoms with Crippen molar-refractivity contribution in [2.24, 2.45) is 5.41 Å². The van der Waals surface area contributed by atoms with Crippen LogP contribution >= 0.6 is 0 Å². The maximum Gasteiger partial charge on any atom is 0.238 e. The minimum atomic E-state index is -0.402. The Balaban J connectivity index is 1.72. The molecule has 0 saturated heterocycles. The molecule has 0 spiro atoms. The first-order valence-corrected chi connectivity index (χ1v) is 6.90. The Morgan fingerprint density at radius 2 is 2.11 bits per heavy atom. The van der Waals surface area contributed by atoms with E-state index in [1.165, 1.54) is 31.7 Å². The van der Waals surface area contributed by atoms with Crippen LogP contribution in [0.3, 0.4) is 0 Å². The van der Waals surface area contributed by atoms with Crippen LogP contribution in [0.25, 0.3) is 0 Å². The fourth-order valence-electron chi connectivity index (χ4n) is 2.42. The van der Waals surface area contributed by atoms with Crippen molar-refractivity contribution in [3.63, 3.8) is 0 Å². The van der Waals surface area contributed by atoms with E-state index in [9.17, 15) is 9.18 Å². The van der Waals surface area contributed by atoms with Gasteiger partial charge in [0.25, 0.3) is 0 Å². The first-order chi connectivity index (χ1) is 9.15. The van der Waals surface area contributed by atoms with Crippen LogP contribution in [0.5, 0.6) is 0 Å². The SMILES string of the molecule is CCCC1(CNCC(=O)Nc2ccccc2F)CC1. The third kappa shape index (κ3) is 4.03. The summed E-state index contributed by atoms with van der Waals surface area (Å²) in [5, 5.41) is 5.75. The van der Waals surface area contributed by atoms with Crippen molar-refractivity contribution >= 4 is 11.6 Å². The molecule has 1 aliphatic rings. The predicted octanol–water partition coefficient (Wildman–Crippen LogP) is 2.93. The van der Waals surface area contributed by atoms with Crippen molar-refractivity contribution in [3.05, 3.63) is 30.1 Å². The van der Waals surface area contributed by atoms with E-state index in [4.69, 9.17) is 0 Å². The van der Waals surface area contributed by atoms with Crippen molar-refractivity contribution in [3.8, 4) is 0 Å². The number of anilines is 1. The molecular formula is C15H21FN2O. The van der Waals surface area contributed by atoms with Crippen LogP contribution in [0, 0.1) is 11.2 Å². The minimum absolute atomic E-state index is 0.197. The molecule has 4 heteroatoms. The molecule has 2 rings (SSSR count). The van der Waals surface area contributed by atoms with E-state index in [0.717, 1.165) is 6.54 Å². The Morgan fingerprint density at radius 1 is 1.37 bits per heavy atom. The maximum absolute atomic E-state index is 13.3. The Labute approximate surface area is 113 Å². The molecule has 0 bridgehead atoms. The van der Waals surface area contributed by atoms with Crippen molar-refractivity contribution < 1.29 is 9.18 Å². The summed E-state index contributed by atoms with van der Waals surface area (Å²) >= 11 is 0. The number of para-hydroxylation sites is 1. The molecule has 2 N–H and O–H groups in total. The van der Waals surface area contributed by atoms with Gasteiger partial charge in [-0.05, 0) is 36.8 Å². The molecule has 1 saturated carbocycles. The number of hydrogen-bond donors (Lipinski definition) is 2. The van der Waals surface area contributed by atoms with Gasteiger partial charge in [0.2, 0.25) is 5.91 Å². The second kappa shape index (κ2) is 6.15. The molecule has 0 aliphatic heterocycles. The minimum Gasteiger partial charge on any atom is -0.322 e. The van der Waals surface area contributed by atoms with E-state index >= 15 is 0 Å². The molecular weight excluding hydrogens is 243 g/mol. The van der Waals surface area contributed by atoms with E-state index in [1.54, 1.807) is 18.2 Å². The van der Waals surface area contributed by atoms with E-state index in [2.05, 4.69) is 17.6 Å². The van der Waals surface area contributed by atoms with Crippen LogP contribution in [-0.4, -0.2) is 19.0 Å². The van der Waals surface area contributed by atoms with Crippen LogP contribution in [0.4, 0.5) is 10.1 Å². The van der Waals surface area contributed by atoms with Gasteiger partial charge in [0.05, 0.1) is 12.2 Å². The number of halogens is 1. The second-order valence-electron chi connectivity index (χ2n) is 5.38. The molecule has 0 aromatic heterocycles. The van der Waals surface area contributed by atoms with Crippen LogP contribution in [-0.2, 0) is 4.79 Å². The molecule has 1 amide bonds. The fraction of sp³-hybridized carbons (Fsp3) is 0.533. The lowest BCUT2D eigenvalue weighted by Gasteiger charge is -2.14. The standard InChI is InChI=1S/C15H21FN2O/c1-2-7-15(8-9-15)11-17-10-14(19)18-13-6-4-3-5-12(13)16/h3-6,17H,2,7-11H2,1H3,(H,18,19). The summed E-state index contributed by atoms with van der Waals surface area (Å²) in [6.45, 7) is 3.30. The molecule has 0 radical (unpaired) electrons. The van der Waals surface area contributed by atoms with E-state index < -0.39 is 5.82 Å². The van der Waals surface area contributed by atoms with Crippen LogP contribution in [0.15, 0.2) is 24.3 Å². The largest absolute Gasteiger partial charge is 0.322 e. The lowest BCUT2D eigenvalue weighted by atomic mass is 10.0. The molecule has 0 heterocycles. The quantitative estimate of drug-likeness (QED) is 0.795. The van der Waals surface area contributed by atoms with Crippen LogP contribution in [0.1, 0.15) is 32.6 Å². The number of amides is 1. The van der Waals surface area contributed by atoms with Crippen molar-refractivity contribution in [1.29, 1.82) is 0 Å². The summed E-state index contributed by atoms with van der Waals surface area (Å²) in [5.74, 6) is -0.599. The van der Waals surface area contributed by atoms with Gasteiger partial charge >= 0.3 is 0 Å². The van der Waals surface area contributed by atoms with Gasteiger partial charge in [0, 0.05) is 6.54 Å². The molecule has 0 unspecified atom stereocenters. The van der Waals surface area contributed by atoms with Gasteiger partial charge in [-0.25, -0.2) is 4.39 Å². The predicted molar refractivity (Wildman–Crippen MR) is 74.5 cm³/mol. The normalized spacial score (nSPS) is 16.1. The second-order valence-corrected chi connectivity index (χ2v) is 5.38. The van der Waals surface area contributed by atoms with Crippen molar-refractivity contribution in [2.75, 3.05) is 18.4 Å². The fourth-order valence-corrected chi connectivity index (χ4v) is 2.42. The Hall–Kier alpha value is -1.42. The summed E-state index contributed by atoms with van der Waals surface area (Å²) in [6, 6.07) is 6.20. The van der Waals surface area contributed by atoms with E-state index in [-0.39, 0.29) is 18.1 Å². The zero-order valence-corrected chi connectivity index (χ0v) is 11.3. The third-order valence-corrected chi connectivity index (χ3v) is 3.67. The average molecular weight is 264 g/mol. The Bertz CT molecular complexity index is 444. The Kier molecular flexibility index (Phi) is 4.53. The lowest BCUT2D eigenvalue weighted by molar-refractivity contribution is -0.115. The maximum atomic E-state index is 13.3. The highest BCUT2D eigenvalue weighted by atomic mass is 19.1. The first kappa shape index (κ1) is 14.0. The van der Waals surface area contributed by atoms with Gasteiger partial charge in [0.1, 0.15) is 5.82 Å². The van der Waals surface area contributed by atoms with Gasteiger partial charge in [-0.15, -0.1) is 0 Å². The molecule has 1 fully saturated rings. The van der Waals surface area contributed by atoms with Gasteiger partial charge in [0.15, 0.2) is 0 Å². The molecule has 1 aromatic carbocycles. The number of nitrogens with one attached hydrogen (secondary N) is 2. The molecule has 19 heavy (non-hydrogen) atoms. The Morgan fingerprint density at radius 3 is 2.74 bits per heavy atom. The summed E-state index contributed by atoms with van der Waals surface area (Å²) < 4.78 is 13.3. The summed E-state index contributed by atoms with van der Waals surface area (Å²) in [4.78, 5) is 11.7. The van der Waals surface area contributed by atoms with Crippen LogP contribution < -0.4 is 10.6 Å². The molecule has 1 aliphatic carbocycles. The third-order valence-electron chi connectivity index (χ3n) is 3.67. The topological polar surface area (TPSA) is 41.1 Å². The molecule has 0 atom stereocenters. The van der Waals surface area contributed by atoms with Crippen molar-refractivity contribution in [2.45, 2.75) is 32.6 Å². The summed E-state index contributed by atoms with van der Waals surface area (Å²) in [6.07, 6.45) is 4.91. The summed E-state index contributed by atoms with van der Waals surface area (Å²) in [5.41, 5.74) is 0.663. The van der Waals surface area contributed by atoms with Gasteiger partial charge in [-0.3, -0.25) is 4.79 Å². The molecule has 1 aromatic rings. The van der Waals surface area contributed by atoms with Gasteiger partial charge in [-0.1, -0.05) is 25.5 Å². The highest BCUT2D eigenvalue weighted by molar-refractivity contribution is 5.92. The average Bonchev–Trinajstić information content (AvgIpc) is 3.13. The van der Waals surface area contributed by atoms with E-state index in [1.807, 2.05) is 0 Å². The summed E-state index contributed by atoms with van der Waals surface area (Å²) in [7, 11) is 0. The number of carbonyl (C=O) groups is 1. The van der Waals surface area contributed by atoms with E-state index in [0.29, 0.717) is 5.41 Å². The number of carbonyl (C=O) groups excluding carboxylic acids is 1. The monoisotopic (exact) mass is 264 g/mol. The number of rotatable bonds is 7. The van der Waals surface area contributed by atoms with Gasteiger partial charge in [-0.2, -0.15) is 0 Å². The van der Waals surface area contributed by atoms with Gasteiger partial charge < -0.3 is 10.6 Å². The molecule has 3 nitrogen and oxygen atoms in total. The smallest absolute Gasteiger partial charge is 0.238 e. The highest BCUT2D eigenvalue weighted by Gasteiger charge is 2.40. The van der Waals surface area contributed by atoms with Crippen molar-refractivity contribution in [1.82, 2.24) is 5.32 Å². The zero-order chi connectivity index (χ0) is 13.7.